The van der Waals surface area contributed by atoms with Gasteiger partial charge in [-0.05, 0) is 66.4 Å². The number of imidazole rings is 1. The first kappa shape index (κ1) is 23.1. The molecular formula is C29H19N5O4S. The molecule has 7 aromatic rings. The van der Waals surface area contributed by atoms with Crippen LogP contribution in [0, 0.1) is 0 Å². The zero-order valence-corrected chi connectivity index (χ0v) is 21.3. The van der Waals surface area contributed by atoms with Crippen molar-refractivity contribution in [2.75, 3.05) is 7.11 Å². The van der Waals surface area contributed by atoms with Gasteiger partial charge in [-0.25, -0.2) is 9.97 Å². The van der Waals surface area contributed by atoms with Gasteiger partial charge in [0.25, 0.3) is 5.56 Å². The summed E-state index contributed by atoms with van der Waals surface area (Å²) in [6.07, 6.45) is 1.48. The summed E-state index contributed by atoms with van der Waals surface area (Å²) in [6.45, 7) is 0. The molecule has 0 aliphatic heterocycles. The van der Waals surface area contributed by atoms with Crippen molar-refractivity contribution in [2.45, 2.75) is 10.2 Å². The van der Waals surface area contributed by atoms with Crippen LogP contribution >= 0.6 is 11.8 Å². The molecule has 4 aromatic heterocycles. The molecule has 0 atom stereocenters. The lowest BCUT2D eigenvalue weighted by molar-refractivity contribution is 0.419. The molecule has 0 saturated heterocycles. The van der Waals surface area contributed by atoms with Gasteiger partial charge < -0.3 is 18.6 Å². The van der Waals surface area contributed by atoms with Gasteiger partial charge in [-0.3, -0.25) is 4.79 Å². The van der Waals surface area contributed by atoms with Crippen molar-refractivity contribution in [1.82, 2.24) is 19.6 Å². The predicted octanol–water partition coefficient (Wildman–Crippen LogP) is 6.32. The molecule has 0 fully saturated rings. The minimum Gasteiger partial charge on any atom is -0.496 e. The van der Waals surface area contributed by atoms with Crippen molar-refractivity contribution in [3.8, 4) is 17.3 Å². The van der Waals surface area contributed by atoms with Gasteiger partial charge in [0, 0.05) is 0 Å². The number of rotatable bonds is 6. The van der Waals surface area contributed by atoms with E-state index in [1.165, 1.54) is 22.7 Å². The van der Waals surface area contributed by atoms with Crippen molar-refractivity contribution in [2.24, 2.45) is 5.10 Å². The Morgan fingerprint density at radius 2 is 1.77 bits per heavy atom. The second-order valence-electron chi connectivity index (χ2n) is 8.61. The van der Waals surface area contributed by atoms with Crippen LogP contribution in [0.25, 0.3) is 44.5 Å². The van der Waals surface area contributed by atoms with Gasteiger partial charge >= 0.3 is 0 Å². The third kappa shape index (κ3) is 4.16. The fraction of sp³-hybridized carbons (Fsp3) is 0.0345. The molecule has 9 nitrogen and oxygen atoms in total. The minimum atomic E-state index is -0.331. The van der Waals surface area contributed by atoms with Crippen LogP contribution in [0.5, 0.6) is 5.75 Å². The van der Waals surface area contributed by atoms with Gasteiger partial charge in [0.15, 0.2) is 16.0 Å². The highest BCUT2D eigenvalue weighted by Gasteiger charge is 2.18. The molecule has 0 unspecified atom stereocenters. The van der Waals surface area contributed by atoms with Crippen LogP contribution in [-0.4, -0.2) is 33.0 Å². The maximum absolute atomic E-state index is 13.5. The number of furan rings is 2. The van der Waals surface area contributed by atoms with E-state index in [1.54, 1.807) is 37.4 Å². The van der Waals surface area contributed by atoms with E-state index in [0.717, 1.165) is 16.4 Å². The smallest absolute Gasteiger partial charge is 0.282 e. The Morgan fingerprint density at radius 3 is 2.64 bits per heavy atom. The summed E-state index contributed by atoms with van der Waals surface area (Å²) in [6, 6.07) is 25.9. The van der Waals surface area contributed by atoms with E-state index in [4.69, 9.17) is 18.6 Å². The third-order valence-electron chi connectivity index (χ3n) is 6.18. The van der Waals surface area contributed by atoms with Gasteiger partial charge in [-0.15, -0.1) is 0 Å². The van der Waals surface area contributed by atoms with Crippen LogP contribution in [0.15, 0.2) is 114 Å². The molecule has 0 saturated carbocycles. The molecular weight excluding hydrogens is 514 g/mol. The molecule has 0 radical (unpaired) electrons. The van der Waals surface area contributed by atoms with Crippen LogP contribution in [0.4, 0.5) is 0 Å². The van der Waals surface area contributed by atoms with Gasteiger partial charge in [0.2, 0.25) is 5.82 Å². The lowest BCUT2D eigenvalue weighted by Gasteiger charge is -2.06. The van der Waals surface area contributed by atoms with E-state index in [-0.39, 0.29) is 11.4 Å². The Morgan fingerprint density at radius 1 is 0.923 bits per heavy atom. The monoisotopic (exact) mass is 533 g/mol. The fourth-order valence-corrected chi connectivity index (χ4v) is 5.13. The molecule has 1 N–H and O–H groups in total. The zero-order valence-electron chi connectivity index (χ0n) is 20.5. The molecule has 7 rings (SSSR count). The topological polar surface area (TPSA) is 111 Å². The van der Waals surface area contributed by atoms with E-state index in [1.807, 2.05) is 54.6 Å². The van der Waals surface area contributed by atoms with Gasteiger partial charge in [-0.2, -0.15) is 9.78 Å². The predicted molar refractivity (Wildman–Crippen MR) is 150 cm³/mol. The first-order valence-electron chi connectivity index (χ1n) is 12.0. The Kier molecular flexibility index (Phi) is 5.52. The highest BCUT2D eigenvalue weighted by molar-refractivity contribution is 7.99. The molecule has 10 heteroatoms. The third-order valence-corrected chi connectivity index (χ3v) is 6.99. The highest BCUT2D eigenvalue weighted by Crippen LogP contribution is 2.33. The number of para-hydroxylation sites is 3. The second-order valence-corrected chi connectivity index (χ2v) is 9.61. The molecule has 39 heavy (non-hydrogen) atoms. The number of aromatic nitrogens is 4. The lowest BCUT2D eigenvalue weighted by Crippen LogP contribution is -2.20. The van der Waals surface area contributed by atoms with E-state index in [9.17, 15) is 4.79 Å². The van der Waals surface area contributed by atoms with Crippen molar-refractivity contribution >= 4 is 50.9 Å². The second kappa shape index (κ2) is 9.34. The number of H-pyrrole nitrogens is 1. The van der Waals surface area contributed by atoms with Crippen LogP contribution in [-0.2, 0) is 0 Å². The molecule has 0 aliphatic rings. The molecule has 0 bridgehead atoms. The molecule has 0 amide bonds. The number of methoxy groups -OCH3 is 1. The highest BCUT2D eigenvalue weighted by atomic mass is 32.2. The van der Waals surface area contributed by atoms with E-state index in [0.29, 0.717) is 44.0 Å². The zero-order chi connectivity index (χ0) is 26.3. The molecule has 0 aliphatic carbocycles. The Balaban J connectivity index is 1.27. The first-order valence-corrected chi connectivity index (χ1v) is 12.8. The van der Waals surface area contributed by atoms with Crippen molar-refractivity contribution in [3.05, 3.63) is 101 Å². The number of ether oxygens (including phenoxy) is 1. The lowest BCUT2D eigenvalue weighted by atomic mass is 10.2. The summed E-state index contributed by atoms with van der Waals surface area (Å²) in [4.78, 5) is 26.1. The summed E-state index contributed by atoms with van der Waals surface area (Å²) in [5, 5.41) is 7.02. The minimum absolute atomic E-state index is 0.261. The van der Waals surface area contributed by atoms with Crippen molar-refractivity contribution in [3.63, 3.8) is 0 Å². The summed E-state index contributed by atoms with van der Waals surface area (Å²) in [5.41, 5.74) is 2.65. The summed E-state index contributed by atoms with van der Waals surface area (Å²) in [5.74, 6) is 1.77. The average Bonchev–Trinajstić information content (AvgIpc) is 3.70. The van der Waals surface area contributed by atoms with Crippen molar-refractivity contribution in [1.29, 1.82) is 0 Å². The van der Waals surface area contributed by atoms with E-state index in [2.05, 4.69) is 15.1 Å². The Bertz CT molecular complexity index is 2050. The maximum Gasteiger partial charge on any atom is 0.282 e. The number of nitrogens with one attached hydrogen (secondary N) is 1. The standard InChI is InChI=1S/C29H19N5O4S/c1-36-23-11-6-12-24-19(23)15-25(38-24)27-31-20-8-3-2-7-18(20)28(35)34(27)30-16-17-13-14-26(37-17)39-29-32-21-9-4-5-10-22(21)33-29/h2-16H,1H3,(H,32,33). The van der Waals surface area contributed by atoms with E-state index < -0.39 is 0 Å². The van der Waals surface area contributed by atoms with Gasteiger partial charge in [0.1, 0.15) is 17.1 Å². The molecule has 3 aromatic carbocycles. The normalized spacial score (nSPS) is 11.8. The van der Waals surface area contributed by atoms with Crippen LogP contribution in [0.2, 0.25) is 0 Å². The largest absolute Gasteiger partial charge is 0.496 e. The molecule has 4 heterocycles. The fourth-order valence-electron chi connectivity index (χ4n) is 4.36. The first-order chi connectivity index (χ1) is 19.2. The van der Waals surface area contributed by atoms with Crippen molar-refractivity contribution < 1.29 is 13.6 Å². The average molecular weight is 534 g/mol. The molecule has 190 valence electrons. The molecule has 0 spiro atoms. The van der Waals surface area contributed by atoms with Gasteiger partial charge in [0.05, 0.1) is 40.6 Å². The number of fused-ring (bicyclic) bond motifs is 3. The number of hydrogen-bond acceptors (Lipinski definition) is 8. The SMILES string of the molecule is COc1cccc2oc(-c3nc4ccccc4c(=O)n3N=Cc3ccc(Sc4nc5ccccc5[nH]4)o3)cc12. The summed E-state index contributed by atoms with van der Waals surface area (Å²) < 4.78 is 18.7. The number of nitrogens with zero attached hydrogens (tertiary/aromatic N) is 4. The number of hydrogen-bond donors (Lipinski definition) is 1. The Labute approximate surface area is 224 Å². The summed E-state index contributed by atoms with van der Waals surface area (Å²) in [7, 11) is 1.60. The van der Waals surface area contributed by atoms with Crippen LogP contribution in [0.1, 0.15) is 5.76 Å². The number of benzene rings is 3. The maximum atomic E-state index is 13.5. The van der Waals surface area contributed by atoms with Gasteiger partial charge in [-0.1, -0.05) is 30.3 Å². The van der Waals surface area contributed by atoms with Crippen LogP contribution < -0.4 is 10.3 Å². The Hall–Kier alpha value is -5.09. The van der Waals surface area contributed by atoms with E-state index >= 15 is 0 Å². The number of aromatic amines is 1. The quantitative estimate of drug-likeness (QED) is 0.249. The van der Waals surface area contributed by atoms with Crippen LogP contribution in [0.3, 0.4) is 0 Å². The summed E-state index contributed by atoms with van der Waals surface area (Å²) >= 11 is 1.36.